The van der Waals surface area contributed by atoms with Crippen molar-refractivity contribution in [3.63, 3.8) is 0 Å². The van der Waals surface area contributed by atoms with E-state index in [2.05, 4.69) is 10.6 Å². The Hall–Kier alpha value is -2.09. The molecule has 0 radical (unpaired) electrons. The molecular weight excluding hydrogens is 499 g/mol. The highest BCUT2D eigenvalue weighted by Crippen LogP contribution is 2.35. The molecule has 1 saturated heterocycles. The molecule has 2 aliphatic rings. The normalized spacial score (nSPS) is 20.5. The number of likely N-dealkylation sites (N-methyl/N-ethyl adjacent to an activating group) is 1. The van der Waals surface area contributed by atoms with Gasteiger partial charge in [-0.15, -0.1) is 0 Å². The second-order valence-electron chi connectivity index (χ2n) is 10.2. The Labute approximate surface area is 222 Å². The molecule has 7 nitrogen and oxygen atoms in total. The minimum absolute atomic E-state index is 0.0107. The summed E-state index contributed by atoms with van der Waals surface area (Å²) < 4.78 is 1.93. The standard InChI is InChI=1S/C27H36Cl2N4O3/c1-16(30-3)26(35)31-24(18-8-5-4-6-9-18)27(36)32-13-7-10-20(32)15-33-22-12-11-19(28)14-21(22)23(17(2)34)25(33)29/h11-12,14,16,18,20,24,30H,4-10,13,15H2,1-3H3,(H,31,35)/t16-,20-,24-/m0/s1. The molecule has 2 N–H and O–H groups in total. The van der Waals surface area contributed by atoms with Crippen LogP contribution < -0.4 is 10.6 Å². The van der Waals surface area contributed by atoms with E-state index in [1.54, 1.807) is 26.1 Å². The molecular formula is C27H36Cl2N4O3. The molecule has 0 bridgehead atoms. The van der Waals surface area contributed by atoms with Crippen molar-refractivity contribution >= 4 is 51.7 Å². The fraction of sp³-hybridized carbons (Fsp3) is 0.593. The fourth-order valence-corrected chi connectivity index (χ4v) is 6.34. The molecule has 1 aromatic heterocycles. The first-order valence-corrected chi connectivity index (χ1v) is 13.7. The lowest BCUT2D eigenvalue weighted by atomic mass is 9.83. The highest BCUT2D eigenvalue weighted by atomic mass is 35.5. The highest BCUT2D eigenvalue weighted by molar-refractivity contribution is 6.36. The highest BCUT2D eigenvalue weighted by Gasteiger charge is 2.39. The predicted molar refractivity (Wildman–Crippen MR) is 144 cm³/mol. The second kappa shape index (κ2) is 11.5. The van der Waals surface area contributed by atoms with Crippen molar-refractivity contribution in [3.05, 3.63) is 33.9 Å². The number of fused-ring (bicyclic) bond motifs is 1. The van der Waals surface area contributed by atoms with Crippen LogP contribution in [0.1, 0.15) is 69.2 Å². The van der Waals surface area contributed by atoms with Crippen LogP contribution in [0.15, 0.2) is 18.2 Å². The summed E-state index contributed by atoms with van der Waals surface area (Å²) in [5, 5.41) is 7.69. The molecule has 1 aromatic carbocycles. The van der Waals surface area contributed by atoms with Crippen molar-refractivity contribution < 1.29 is 14.4 Å². The van der Waals surface area contributed by atoms with Gasteiger partial charge in [-0.3, -0.25) is 14.4 Å². The van der Waals surface area contributed by atoms with Gasteiger partial charge in [-0.25, -0.2) is 0 Å². The van der Waals surface area contributed by atoms with Gasteiger partial charge in [0.05, 0.1) is 17.1 Å². The number of hydrogen-bond acceptors (Lipinski definition) is 4. The number of nitrogens with zero attached hydrogens (tertiary/aromatic N) is 2. The van der Waals surface area contributed by atoms with Gasteiger partial charge >= 0.3 is 0 Å². The van der Waals surface area contributed by atoms with Gasteiger partial charge in [0.1, 0.15) is 11.2 Å². The van der Waals surface area contributed by atoms with Gasteiger partial charge in [-0.05, 0) is 70.7 Å². The summed E-state index contributed by atoms with van der Waals surface area (Å²) in [6.45, 7) is 4.43. The summed E-state index contributed by atoms with van der Waals surface area (Å²) in [5.41, 5.74) is 1.28. The van der Waals surface area contributed by atoms with Crippen LogP contribution in [0.25, 0.3) is 10.9 Å². The van der Waals surface area contributed by atoms with Gasteiger partial charge < -0.3 is 20.1 Å². The molecule has 0 spiro atoms. The molecule has 1 aliphatic heterocycles. The Balaban J connectivity index is 1.62. The lowest BCUT2D eigenvalue weighted by Gasteiger charge is -2.35. The average Bonchev–Trinajstić information content (AvgIpc) is 3.44. The van der Waals surface area contributed by atoms with Crippen LogP contribution in [0.3, 0.4) is 0 Å². The van der Waals surface area contributed by atoms with Crippen molar-refractivity contribution in [2.45, 2.75) is 83.5 Å². The van der Waals surface area contributed by atoms with Gasteiger partial charge in [-0.1, -0.05) is 42.5 Å². The number of hydrogen-bond donors (Lipinski definition) is 2. The zero-order valence-corrected chi connectivity index (χ0v) is 22.8. The van der Waals surface area contributed by atoms with Crippen LogP contribution in [-0.2, 0) is 16.1 Å². The largest absolute Gasteiger partial charge is 0.343 e. The molecule has 9 heteroatoms. The molecule has 2 fully saturated rings. The third kappa shape index (κ3) is 5.43. The number of likely N-dealkylation sites (tertiary alicyclic amines) is 1. The molecule has 1 aliphatic carbocycles. The summed E-state index contributed by atoms with van der Waals surface area (Å²) in [7, 11) is 1.74. The van der Waals surface area contributed by atoms with Gasteiger partial charge in [0, 0.05) is 29.5 Å². The number of aromatic nitrogens is 1. The maximum atomic E-state index is 14.0. The van der Waals surface area contributed by atoms with Crippen LogP contribution in [-0.4, -0.2) is 58.8 Å². The van der Waals surface area contributed by atoms with Gasteiger partial charge in [-0.2, -0.15) is 0 Å². The fourth-order valence-electron chi connectivity index (χ4n) is 5.77. The van der Waals surface area contributed by atoms with Gasteiger partial charge in [0.15, 0.2) is 5.78 Å². The third-order valence-electron chi connectivity index (χ3n) is 7.88. The Bertz CT molecular complexity index is 1140. The first-order valence-electron chi connectivity index (χ1n) is 13.0. The number of nitrogens with one attached hydrogen (secondary N) is 2. The number of ketones is 1. The number of carbonyl (C=O) groups excluding carboxylic acids is 3. The Morgan fingerprint density at radius 2 is 1.81 bits per heavy atom. The smallest absolute Gasteiger partial charge is 0.245 e. The molecule has 196 valence electrons. The molecule has 2 amide bonds. The van der Waals surface area contributed by atoms with E-state index in [0.717, 1.165) is 49.4 Å². The van der Waals surface area contributed by atoms with Crippen LogP contribution in [0.5, 0.6) is 0 Å². The van der Waals surface area contributed by atoms with E-state index in [9.17, 15) is 14.4 Å². The number of carbonyl (C=O) groups is 3. The summed E-state index contributed by atoms with van der Waals surface area (Å²) in [6.07, 6.45) is 6.94. The van der Waals surface area contributed by atoms with Crippen molar-refractivity contribution in [1.29, 1.82) is 0 Å². The van der Waals surface area contributed by atoms with Crippen molar-refractivity contribution in [2.75, 3.05) is 13.6 Å². The van der Waals surface area contributed by atoms with E-state index >= 15 is 0 Å². The number of amides is 2. The summed E-state index contributed by atoms with van der Waals surface area (Å²) in [5.74, 6) is -0.143. The SMILES string of the molecule is CN[C@@H](C)C(=O)N[C@H](C(=O)N1CCC[C@H]1Cn1c(Cl)c(C(C)=O)c2cc(Cl)ccc21)C1CCCCC1. The first-order chi connectivity index (χ1) is 17.2. The zero-order chi connectivity index (χ0) is 26.0. The minimum atomic E-state index is -0.530. The Kier molecular flexibility index (Phi) is 8.63. The number of halogens is 2. The van der Waals surface area contributed by atoms with Gasteiger partial charge in [0.25, 0.3) is 0 Å². The Morgan fingerprint density at radius 1 is 1.08 bits per heavy atom. The number of benzene rings is 1. The van der Waals surface area contributed by atoms with Crippen LogP contribution in [0, 0.1) is 5.92 Å². The van der Waals surface area contributed by atoms with E-state index < -0.39 is 6.04 Å². The average molecular weight is 536 g/mol. The van der Waals surface area contributed by atoms with Crippen molar-refractivity contribution in [2.24, 2.45) is 5.92 Å². The molecule has 2 heterocycles. The van der Waals surface area contributed by atoms with Crippen molar-refractivity contribution in [3.8, 4) is 0 Å². The van der Waals surface area contributed by atoms with Crippen LogP contribution in [0.4, 0.5) is 0 Å². The monoisotopic (exact) mass is 534 g/mol. The quantitative estimate of drug-likeness (QED) is 0.475. The molecule has 1 saturated carbocycles. The zero-order valence-electron chi connectivity index (χ0n) is 21.3. The first kappa shape index (κ1) is 27.0. The third-order valence-corrected chi connectivity index (χ3v) is 8.51. The second-order valence-corrected chi connectivity index (χ2v) is 11.0. The summed E-state index contributed by atoms with van der Waals surface area (Å²) >= 11 is 13.0. The number of Topliss-reactive ketones (excluding diaryl/α,β-unsaturated/α-hetero) is 1. The molecule has 4 rings (SSSR count). The topological polar surface area (TPSA) is 83.4 Å². The maximum Gasteiger partial charge on any atom is 0.245 e. The lowest BCUT2D eigenvalue weighted by molar-refractivity contribution is -0.139. The molecule has 36 heavy (non-hydrogen) atoms. The number of rotatable bonds is 8. The Morgan fingerprint density at radius 3 is 2.47 bits per heavy atom. The molecule has 3 atom stereocenters. The van der Waals surface area contributed by atoms with E-state index in [1.807, 2.05) is 15.5 Å². The maximum absolute atomic E-state index is 14.0. The van der Waals surface area contributed by atoms with Crippen molar-refractivity contribution in [1.82, 2.24) is 20.1 Å². The van der Waals surface area contributed by atoms with Crippen LogP contribution >= 0.6 is 23.2 Å². The van der Waals surface area contributed by atoms with E-state index in [1.165, 1.54) is 13.3 Å². The summed E-state index contributed by atoms with van der Waals surface area (Å²) in [6, 6.07) is 4.45. The van der Waals surface area contributed by atoms with E-state index in [0.29, 0.717) is 28.8 Å². The van der Waals surface area contributed by atoms with E-state index in [-0.39, 0.29) is 35.6 Å². The van der Waals surface area contributed by atoms with Crippen LogP contribution in [0.2, 0.25) is 10.2 Å². The van der Waals surface area contributed by atoms with E-state index in [4.69, 9.17) is 23.2 Å². The molecule has 2 aromatic rings. The minimum Gasteiger partial charge on any atom is -0.343 e. The lowest BCUT2D eigenvalue weighted by Crippen LogP contribution is -2.56. The predicted octanol–water partition coefficient (Wildman–Crippen LogP) is 4.81. The molecule has 0 unspecified atom stereocenters. The summed E-state index contributed by atoms with van der Waals surface area (Å²) in [4.78, 5) is 41.1. The van der Waals surface area contributed by atoms with Gasteiger partial charge in [0.2, 0.25) is 11.8 Å².